The summed E-state index contributed by atoms with van der Waals surface area (Å²) < 4.78 is 6.98. The van der Waals surface area contributed by atoms with Gasteiger partial charge in [0.2, 0.25) is 0 Å². The molecule has 0 radical (unpaired) electrons. The van der Waals surface area contributed by atoms with E-state index in [1.807, 2.05) is 67.7 Å². The van der Waals surface area contributed by atoms with Crippen molar-refractivity contribution in [1.29, 1.82) is 0 Å². The summed E-state index contributed by atoms with van der Waals surface area (Å²) in [6.07, 6.45) is 11.2. The summed E-state index contributed by atoms with van der Waals surface area (Å²) in [5, 5.41) is 3.76. The Hall–Kier alpha value is -4.76. The molecule has 4 heterocycles. The molecule has 1 saturated heterocycles. The zero-order valence-corrected chi connectivity index (χ0v) is 29.6. The SMILES string of the molecule is CCCC1CCC[C@@H](c2ccc(-n3cc4cc(-c5cccc(CCC[C@H](C)NC(=O)OCc6ccccc6)n5)[nH]c4nc3=O)cc2)N1CCC. The predicted octanol–water partition coefficient (Wildman–Crippen LogP) is 8.52. The molecule has 50 heavy (non-hydrogen) atoms. The number of likely N-dealkylation sites (tertiary alicyclic amines) is 1. The minimum Gasteiger partial charge on any atom is -0.445 e. The zero-order chi connectivity index (χ0) is 34.9. The van der Waals surface area contributed by atoms with Crippen LogP contribution in [0.4, 0.5) is 4.79 Å². The summed E-state index contributed by atoms with van der Waals surface area (Å²) in [4.78, 5) is 40.7. The molecule has 9 heteroatoms. The van der Waals surface area contributed by atoms with E-state index >= 15 is 0 Å². The number of hydrogen-bond acceptors (Lipinski definition) is 6. The molecule has 1 amide bonds. The van der Waals surface area contributed by atoms with Crippen LogP contribution in [0, 0.1) is 0 Å². The minimum atomic E-state index is -0.410. The first-order valence-corrected chi connectivity index (χ1v) is 18.3. The maximum Gasteiger partial charge on any atom is 0.407 e. The number of amides is 1. The molecule has 6 rings (SSSR count). The van der Waals surface area contributed by atoms with Crippen molar-refractivity contribution < 1.29 is 9.53 Å². The highest BCUT2D eigenvalue weighted by Crippen LogP contribution is 2.36. The smallest absolute Gasteiger partial charge is 0.407 e. The lowest BCUT2D eigenvalue weighted by Crippen LogP contribution is -2.42. The number of hydrogen-bond donors (Lipinski definition) is 2. The zero-order valence-electron chi connectivity index (χ0n) is 29.6. The van der Waals surface area contributed by atoms with E-state index in [2.05, 4.69) is 58.3 Å². The van der Waals surface area contributed by atoms with E-state index in [0.29, 0.717) is 17.7 Å². The van der Waals surface area contributed by atoms with E-state index in [4.69, 9.17) is 9.72 Å². The Balaban J connectivity index is 1.08. The van der Waals surface area contributed by atoms with Gasteiger partial charge in [-0.3, -0.25) is 14.5 Å². The third-order valence-corrected chi connectivity index (χ3v) is 9.78. The number of alkyl carbamates (subject to hydrolysis) is 1. The highest BCUT2D eigenvalue weighted by Gasteiger charge is 2.30. The van der Waals surface area contributed by atoms with Gasteiger partial charge in [0.15, 0.2) is 0 Å². The van der Waals surface area contributed by atoms with Gasteiger partial charge in [-0.2, -0.15) is 4.98 Å². The number of ether oxygens (including phenoxy) is 1. The summed E-state index contributed by atoms with van der Waals surface area (Å²) in [5.74, 6) is 0. The van der Waals surface area contributed by atoms with Gasteiger partial charge in [-0.05, 0) is 106 Å². The highest BCUT2D eigenvalue weighted by molar-refractivity contribution is 5.81. The first-order chi connectivity index (χ1) is 24.4. The number of carbonyl (C=O) groups excluding carboxylic acids is 1. The van der Waals surface area contributed by atoms with Crippen molar-refractivity contribution in [2.75, 3.05) is 6.54 Å². The molecule has 2 N–H and O–H groups in total. The third-order valence-electron chi connectivity index (χ3n) is 9.78. The fourth-order valence-electron chi connectivity index (χ4n) is 7.30. The number of piperidine rings is 1. The fraction of sp³-hybridized carbons (Fsp3) is 0.415. The number of H-pyrrole nitrogens is 1. The van der Waals surface area contributed by atoms with Crippen LogP contribution in [0.5, 0.6) is 0 Å². The molecular weight excluding hydrogens is 624 g/mol. The monoisotopic (exact) mass is 674 g/mol. The Morgan fingerprint density at radius 1 is 1.00 bits per heavy atom. The lowest BCUT2D eigenvalue weighted by Gasteiger charge is -2.42. The summed E-state index contributed by atoms with van der Waals surface area (Å²) in [7, 11) is 0. The van der Waals surface area contributed by atoms with Crippen molar-refractivity contribution in [3.8, 4) is 17.1 Å². The molecule has 2 aromatic carbocycles. The average Bonchev–Trinajstić information content (AvgIpc) is 3.55. The molecule has 1 fully saturated rings. The molecule has 0 bridgehead atoms. The van der Waals surface area contributed by atoms with Crippen LogP contribution in [0.1, 0.15) is 95.0 Å². The summed E-state index contributed by atoms with van der Waals surface area (Å²) in [6, 6.07) is 27.2. The Kier molecular flexibility index (Phi) is 11.8. The Morgan fingerprint density at radius 2 is 1.82 bits per heavy atom. The Bertz CT molecular complexity index is 1900. The van der Waals surface area contributed by atoms with Crippen LogP contribution in [0.25, 0.3) is 28.1 Å². The summed E-state index contributed by atoms with van der Waals surface area (Å²) in [6.45, 7) is 7.90. The number of nitrogens with zero attached hydrogens (tertiary/aromatic N) is 4. The van der Waals surface area contributed by atoms with Crippen LogP contribution in [0.2, 0.25) is 0 Å². The second-order valence-electron chi connectivity index (χ2n) is 13.6. The molecule has 1 unspecified atom stereocenters. The molecule has 9 nitrogen and oxygen atoms in total. The molecule has 1 aliphatic heterocycles. The molecule has 0 aliphatic carbocycles. The van der Waals surface area contributed by atoms with E-state index in [1.165, 1.54) is 37.7 Å². The average molecular weight is 675 g/mol. The third kappa shape index (κ3) is 8.69. The van der Waals surface area contributed by atoms with Gasteiger partial charge in [-0.15, -0.1) is 0 Å². The van der Waals surface area contributed by atoms with E-state index in [9.17, 15) is 9.59 Å². The van der Waals surface area contributed by atoms with E-state index in [0.717, 1.165) is 65.9 Å². The fourth-order valence-corrected chi connectivity index (χ4v) is 7.30. The number of nitrogens with one attached hydrogen (secondary N) is 2. The van der Waals surface area contributed by atoms with Crippen LogP contribution in [0.3, 0.4) is 0 Å². The van der Waals surface area contributed by atoms with Gasteiger partial charge in [0, 0.05) is 35.4 Å². The minimum absolute atomic E-state index is 0.0217. The second-order valence-corrected chi connectivity index (χ2v) is 13.6. The maximum absolute atomic E-state index is 13.2. The van der Waals surface area contributed by atoms with E-state index in [1.54, 1.807) is 4.57 Å². The van der Waals surface area contributed by atoms with Crippen molar-refractivity contribution in [2.45, 2.75) is 103 Å². The molecule has 5 aromatic rings. The van der Waals surface area contributed by atoms with Gasteiger partial charge in [-0.25, -0.2) is 9.59 Å². The number of aromatic amines is 1. The van der Waals surface area contributed by atoms with Crippen LogP contribution in [-0.4, -0.2) is 49.1 Å². The van der Waals surface area contributed by atoms with Crippen molar-refractivity contribution in [2.24, 2.45) is 0 Å². The topological polar surface area (TPSA) is 105 Å². The van der Waals surface area contributed by atoms with Crippen molar-refractivity contribution >= 4 is 17.1 Å². The van der Waals surface area contributed by atoms with Gasteiger partial charge < -0.3 is 15.0 Å². The van der Waals surface area contributed by atoms with Gasteiger partial charge in [0.25, 0.3) is 0 Å². The number of aromatic nitrogens is 4. The van der Waals surface area contributed by atoms with Gasteiger partial charge >= 0.3 is 11.8 Å². The number of aryl methyl sites for hydroxylation is 1. The predicted molar refractivity (Wildman–Crippen MR) is 199 cm³/mol. The normalized spacial score (nSPS) is 17.1. The first-order valence-electron chi connectivity index (χ1n) is 18.3. The van der Waals surface area contributed by atoms with Gasteiger partial charge in [0.1, 0.15) is 12.3 Å². The Morgan fingerprint density at radius 3 is 2.60 bits per heavy atom. The number of rotatable bonds is 14. The lowest BCUT2D eigenvalue weighted by molar-refractivity contribution is 0.0765. The number of carbonyl (C=O) groups is 1. The second kappa shape index (κ2) is 16.8. The van der Waals surface area contributed by atoms with Crippen LogP contribution < -0.4 is 11.0 Å². The van der Waals surface area contributed by atoms with Crippen LogP contribution in [-0.2, 0) is 17.8 Å². The molecule has 3 aromatic heterocycles. The van der Waals surface area contributed by atoms with Crippen LogP contribution >= 0.6 is 0 Å². The molecule has 262 valence electrons. The largest absolute Gasteiger partial charge is 0.445 e. The first kappa shape index (κ1) is 35.1. The number of benzene rings is 2. The summed E-state index contributed by atoms with van der Waals surface area (Å²) >= 11 is 0. The molecule has 0 spiro atoms. The highest BCUT2D eigenvalue weighted by atomic mass is 16.5. The molecular formula is C41H50N6O3. The molecule has 3 atom stereocenters. The van der Waals surface area contributed by atoms with Gasteiger partial charge in [0.05, 0.1) is 17.1 Å². The van der Waals surface area contributed by atoms with E-state index in [-0.39, 0.29) is 18.3 Å². The summed E-state index contributed by atoms with van der Waals surface area (Å²) in [5.41, 5.74) is 5.89. The quantitative estimate of drug-likeness (QED) is 0.122. The van der Waals surface area contributed by atoms with Gasteiger partial charge in [-0.1, -0.05) is 68.8 Å². The molecule has 1 aliphatic rings. The molecule has 0 saturated carbocycles. The van der Waals surface area contributed by atoms with Crippen molar-refractivity contribution in [3.63, 3.8) is 0 Å². The standard InChI is InChI=1S/C41H50N6O3/c1-4-12-34-18-11-20-38(46(34)25-5-2)31-21-23-35(24-22-31)47-27-32-26-37(44-39(32)45-40(47)48)36-19-10-17-33(43-36)16-9-13-29(3)42-41(49)50-28-30-14-7-6-8-15-30/h6-8,10,14-15,17,19,21-24,26-27,29,34,38H,4-5,9,11-13,16,18,20,25,28H2,1-3H3,(H,42,49)(H,44,45,48)/t29-,34?,38-/m0/s1. The number of pyridine rings is 1. The van der Waals surface area contributed by atoms with Crippen LogP contribution in [0.15, 0.2) is 89.9 Å². The van der Waals surface area contributed by atoms with Crippen molar-refractivity contribution in [3.05, 3.63) is 112 Å². The number of fused-ring (bicyclic) bond motifs is 1. The Labute approximate surface area is 295 Å². The van der Waals surface area contributed by atoms with E-state index < -0.39 is 6.09 Å². The van der Waals surface area contributed by atoms with Crippen molar-refractivity contribution in [1.82, 2.24) is 29.7 Å². The lowest BCUT2D eigenvalue weighted by atomic mass is 9.88. The maximum atomic E-state index is 13.2.